The van der Waals surface area contributed by atoms with E-state index in [2.05, 4.69) is 0 Å². The van der Waals surface area contributed by atoms with Crippen LogP contribution in [0.3, 0.4) is 0 Å². The molecule has 0 bridgehead atoms. The Balaban J connectivity index is 0.00000200. The standard InChI is InChI=1S/C15H22N2O2.ClH/c1-2-19-11-13-7-8-17(10-13)15(18)9-12-3-5-14(16)6-4-12;/h3-6,13H,2,7-11,16H2,1H3;1H. The van der Waals surface area contributed by atoms with Crippen LogP contribution < -0.4 is 5.73 Å². The molecule has 2 rings (SSSR count). The number of benzene rings is 1. The zero-order valence-corrected chi connectivity index (χ0v) is 12.7. The van der Waals surface area contributed by atoms with Gasteiger partial charge in [0.1, 0.15) is 0 Å². The highest BCUT2D eigenvalue weighted by molar-refractivity contribution is 5.85. The molecule has 1 aromatic rings. The molecule has 0 spiro atoms. The van der Waals surface area contributed by atoms with Crippen LogP contribution in [-0.2, 0) is 16.0 Å². The van der Waals surface area contributed by atoms with Gasteiger partial charge in [0, 0.05) is 31.3 Å². The van der Waals surface area contributed by atoms with Crippen LogP contribution in [0.25, 0.3) is 0 Å². The lowest BCUT2D eigenvalue weighted by atomic mass is 10.1. The maximum atomic E-state index is 12.2. The normalized spacial score (nSPS) is 17.9. The molecule has 20 heavy (non-hydrogen) atoms. The minimum Gasteiger partial charge on any atom is -0.399 e. The van der Waals surface area contributed by atoms with E-state index in [9.17, 15) is 4.79 Å². The summed E-state index contributed by atoms with van der Waals surface area (Å²) in [5, 5.41) is 0. The Hall–Kier alpha value is -1.26. The third-order valence-electron chi connectivity index (χ3n) is 3.53. The van der Waals surface area contributed by atoms with Gasteiger partial charge in [-0.3, -0.25) is 4.79 Å². The Kier molecular flexibility index (Phi) is 6.82. The molecule has 1 atom stereocenters. The minimum atomic E-state index is 0. The SMILES string of the molecule is CCOCC1CCN(C(=O)Cc2ccc(N)cc2)C1.Cl. The molecule has 4 nitrogen and oxygen atoms in total. The molecule has 1 fully saturated rings. The number of hydrogen-bond donors (Lipinski definition) is 1. The zero-order valence-electron chi connectivity index (χ0n) is 11.9. The first kappa shape index (κ1) is 16.8. The predicted molar refractivity (Wildman–Crippen MR) is 83.0 cm³/mol. The van der Waals surface area contributed by atoms with E-state index in [1.165, 1.54) is 0 Å². The first-order valence-corrected chi connectivity index (χ1v) is 6.89. The minimum absolute atomic E-state index is 0. The summed E-state index contributed by atoms with van der Waals surface area (Å²) in [6.07, 6.45) is 1.51. The number of hydrogen-bond acceptors (Lipinski definition) is 3. The van der Waals surface area contributed by atoms with E-state index in [0.29, 0.717) is 12.3 Å². The van der Waals surface area contributed by atoms with E-state index in [4.69, 9.17) is 10.5 Å². The molecule has 1 aliphatic rings. The van der Waals surface area contributed by atoms with Gasteiger partial charge in [-0.15, -0.1) is 12.4 Å². The summed E-state index contributed by atoms with van der Waals surface area (Å²) in [5.74, 6) is 0.694. The van der Waals surface area contributed by atoms with Gasteiger partial charge in [-0.1, -0.05) is 12.1 Å². The number of anilines is 1. The Morgan fingerprint density at radius 2 is 2.10 bits per heavy atom. The average Bonchev–Trinajstić information content (AvgIpc) is 2.88. The van der Waals surface area contributed by atoms with Crippen LogP contribution in [0.4, 0.5) is 5.69 Å². The van der Waals surface area contributed by atoms with Gasteiger partial charge in [0.05, 0.1) is 13.0 Å². The van der Waals surface area contributed by atoms with E-state index in [-0.39, 0.29) is 18.3 Å². The molecule has 1 aromatic carbocycles. The van der Waals surface area contributed by atoms with Crippen molar-refractivity contribution in [2.75, 3.05) is 32.0 Å². The molecule has 0 saturated carbocycles. The van der Waals surface area contributed by atoms with Gasteiger partial charge < -0.3 is 15.4 Å². The number of halogens is 1. The molecule has 2 N–H and O–H groups in total. The molecule has 1 saturated heterocycles. The third-order valence-corrected chi connectivity index (χ3v) is 3.53. The molecule has 112 valence electrons. The molecule has 1 unspecified atom stereocenters. The monoisotopic (exact) mass is 298 g/mol. The summed E-state index contributed by atoms with van der Waals surface area (Å²) in [5.41, 5.74) is 7.39. The van der Waals surface area contributed by atoms with Crippen molar-refractivity contribution in [3.8, 4) is 0 Å². The van der Waals surface area contributed by atoms with Gasteiger partial charge in [-0.2, -0.15) is 0 Å². The van der Waals surface area contributed by atoms with Gasteiger partial charge in [0.2, 0.25) is 5.91 Å². The second-order valence-electron chi connectivity index (χ2n) is 5.07. The van der Waals surface area contributed by atoms with Crippen LogP contribution >= 0.6 is 12.4 Å². The lowest BCUT2D eigenvalue weighted by molar-refractivity contribution is -0.129. The molecular formula is C15H23ClN2O2. The van der Waals surface area contributed by atoms with Crippen molar-refractivity contribution >= 4 is 24.0 Å². The lowest BCUT2D eigenvalue weighted by Gasteiger charge is -2.16. The molecular weight excluding hydrogens is 276 g/mol. The molecule has 1 heterocycles. The highest BCUT2D eigenvalue weighted by atomic mass is 35.5. The van der Waals surface area contributed by atoms with Crippen molar-refractivity contribution in [3.63, 3.8) is 0 Å². The van der Waals surface area contributed by atoms with Crippen LogP contribution in [0.5, 0.6) is 0 Å². The fourth-order valence-electron chi connectivity index (χ4n) is 2.40. The summed E-state index contributed by atoms with van der Waals surface area (Å²) < 4.78 is 5.43. The molecule has 1 aliphatic heterocycles. The molecule has 0 aliphatic carbocycles. The summed E-state index contributed by atoms with van der Waals surface area (Å²) >= 11 is 0. The Bertz CT molecular complexity index is 422. The number of nitrogen functional groups attached to an aromatic ring is 1. The van der Waals surface area contributed by atoms with E-state index >= 15 is 0 Å². The van der Waals surface area contributed by atoms with E-state index in [0.717, 1.165) is 44.0 Å². The fourth-order valence-corrected chi connectivity index (χ4v) is 2.40. The number of carbonyl (C=O) groups excluding carboxylic acids is 1. The Labute approximate surface area is 126 Å². The summed E-state index contributed by atoms with van der Waals surface area (Å²) in [6.45, 7) is 5.19. The number of nitrogens with two attached hydrogens (primary N) is 1. The van der Waals surface area contributed by atoms with Gasteiger partial charge in [0.15, 0.2) is 0 Å². The van der Waals surface area contributed by atoms with Crippen LogP contribution in [0.1, 0.15) is 18.9 Å². The number of carbonyl (C=O) groups is 1. The molecule has 5 heteroatoms. The van der Waals surface area contributed by atoms with E-state index < -0.39 is 0 Å². The first-order chi connectivity index (χ1) is 9.19. The van der Waals surface area contributed by atoms with Crippen LogP contribution in [0.15, 0.2) is 24.3 Å². The number of rotatable bonds is 5. The lowest BCUT2D eigenvalue weighted by Crippen LogP contribution is -2.30. The van der Waals surface area contributed by atoms with Crippen LogP contribution in [0, 0.1) is 5.92 Å². The first-order valence-electron chi connectivity index (χ1n) is 6.89. The van der Waals surface area contributed by atoms with Gasteiger partial charge in [0.25, 0.3) is 0 Å². The number of amides is 1. The van der Waals surface area contributed by atoms with E-state index in [1.807, 2.05) is 36.1 Å². The predicted octanol–water partition coefficient (Wildman–Crippen LogP) is 2.12. The quantitative estimate of drug-likeness (QED) is 0.847. The van der Waals surface area contributed by atoms with Gasteiger partial charge in [-0.05, 0) is 31.0 Å². The van der Waals surface area contributed by atoms with Gasteiger partial charge in [-0.25, -0.2) is 0 Å². The van der Waals surface area contributed by atoms with Crippen molar-refractivity contribution in [1.29, 1.82) is 0 Å². The van der Waals surface area contributed by atoms with Crippen molar-refractivity contribution in [2.45, 2.75) is 19.8 Å². The molecule has 1 amide bonds. The Morgan fingerprint density at radius 1 is 1.40 bits per heavy atom. The second kappa shape index (κ2) is 8.12. The fraction of sp³-hybridized carbons (Fsp3) is 0.533. The van der Waals surface area contributed by atoms with Gasteiger partial charge >= 0.3 is 0 Å². The summed E-state index contributed by atoms with van der Waals surface area (Å²) in [7, 11) is 0. The van der Waals surface area contributed by atoms with Crippen LogP contribution in [0.2, 0.25) is 0 Å². The second-order valence-corrected chi connectivity index (χ2v) is 5.07. The largest absolute Gasteiger partial charge is 0.399 e. The van der Waals surface area contributed by atoms with Crippen molar-refractivity contribution < 1.29 is 9.53 Å². The van der Waals surface area contributed by atoms with Crippen molar-refractivity contribution in [1.82, 2.24) is 4.90 Å². The highest BCUT2D eigenvalue weighted by Crippen LogP contribution is 2.18. The zero-order chi connectivity index (χ0) is 13.7. The maximum Gasteiger partial charge on any atom is 0.227 e. The molecule has 0 radical (unpaired) electrons. The number of likely N-dealkylation sites (tertiary alicyclic amines) is 1. The third kappa shape index (κ3) is 4.69. The number of ether oxygens (including phenoxy) is 1. The maximum absolute atomic E-state index is 12.2. The van der Waals surface area contributed by atoms with Crippen molar-refractivity contribution in [2.24, 2.45) is 5.92 Å². The summed E-state index contributed by atoms with van der Waals surface area (Å²) in [6, 6.07) is 7.51. The Morgan fingerprint density at radius 3 is 2.75 bits per heavy atom. The van der Waals surface area contributed by atoms with E-state index in [1.54, 1.807) is 0 Å². The number of nitrogens with zero attached hydrogens (tertiary/aromatic N) is 1. The average molecular weight is 299 g/mol. The molecule has 0 aromatic heterocycles. The van der Waals surface area contributed by atoms with Crippen molar-refractivity contribution in [3.05, 3.63) is 29.8 Å². The summed E-state index contributed by atoms with van der Waals surface area (Å²) in [4.78, 5) is 14.1. The topological polar surface area (TPSA) is 55.6 Å². The van der Waals surface area contributed by atoms with Crippen LogP contribution in [-0.4, -0.2) is 37.1 Å². The highest BCUT2D eigenvalue weighted by Gasteiger charge is 2.25. The smallest absolute Gasteiger partial charge is 0.227 e.